The van der Waals surface area contributed by atoms with E-state index in [-0.39, 0.29) is 6.54 Å². The Morgan fingerprint density at radius 1 is 1.26 bits per heavy atom. The zero-order chi connectivity index (χ0) is 14.0. The quantitative estimate of drug-likeness (QED) is 0.930. The number of aromatic nitrogens is 1. The number of oxazole rings is 1. The highest BCUT2D eigenvalue weighted by Gasteiger charge is 2.17. The lowest BCUT2D eigenvalue weighted by atomic mass is 10.2. The maximum absolute atomic E-state index is 12.2. The topological polar surface area (TPSA) is 72.2 Å². The molecule has 1 aromatic heterocycles. The first-order valence-corrected chi connectivity index (χ1v) is 7.34. The average molecular weight is 280 g/mol. The molecule has 0 spiro atoms. The van der Waals surface area contributed by atoms with E-state index in [1.807, 2.05) is 13.0 Å². The van der Waals surface area contributed by atoms with Crippen LogP contribution in [0.25, 0.3) is 0 Å². The summed E-state index contributed by atoms with van der Waals surface area (Å²) in [5.74, 6) is 0.522. The van der Waals surface area contributed by atoms with Gasteiger partial charge < -0.3 is 4.42 Å². The van der Waals surface area contributed by atoms with Crippen molar-refractivity contribution in [2.45, 2.75) is 32.2 Å². The fraction of sp³-hybridized carbons (Fsp3) is 0.308. The molecule has 2 rings (SSSR count). The van der Waals surface area contributed by atoms with Crippen molar-refractivity contribution in [2.24, 2.45) is 0 Å². The van der Waals surface area contributed by atoms with Gasteiger partial charge in [-0.2, -0.15) is 0 Å². The van der Waals surface area contributed by atoms with Crippen LogP contribution in [0.5, 0.6) is 0 Å². The first-order chi connectivity index (χ1) is 8.90. The fourth-order valence-electron chi connectivity index (χ4n) is 1.73. The molecule has 19 heavy (non-hydrogen) atoms. The van der Waals surface area contributed by atoms with Gasteiger partial charge in [-0.25, -0.2) is 18.1 Å². The normalized spacial score (nSPS) is 11.7. The van der Waals surface area contributed by atoms with Gasteiger partial charge in [-0.1, -0.05) is 12.1 Å². The molecule has 0 fully saturated rings. The van der Waals surface area contributed by atoms with E-state index < -0.39 is 10.0 Å². The highest BCUT2D eigenvalue weighted by Crippen LogP contribution is 2.17. The van der Waals surface area contributed by atoms with Gasteiger partial charge in [-0.05, 0) is 38.0 Å². The van der Waals surface area contributed by atoms with E-state index in [4.69, 9.17) is 4.42 Å². The molecule has 6 heteroatoms. The Hall–Kier alpha value is -1.66. The van der Waals surface area contributed by atoms with Crippen LogP contribution in [0.1, 0.15) is 22.6 Å². The lowest BCUT2D eigenvalue weighted by Crippen LogP contribution is -2.24. The minimum absolute atomic E-state index is 0.0988. The molecule has 1 heterocycles. The van der Waals surface area contributed by atoms with Gasteiger partial charge in [0.25, 0.3) is 0 Å². The Kier molecular flexibility index (Phi) is 3.73. The van der Waals surface area contributed by atoms with Crippen molar-refractivity contribution in [3.63, 3.8) is 0 Å². The number of nitrogens with one attached hydrogen (secondary N) is 1. The van der Waals surface area contributed by atoms with Gasteiger partial charge in [0.1, 0.15) is 5.76 Å². The van der Waals surface area contributed by atoms with Crippen molar-refractivity contribution in [1.29, 1.82) is 0 Å². The van der Waals surface area contributed by atoms with E-state index in [2.05, 4.69) is 9.71 Å². The minimum Gasteiger partial charge on any atom is -0.447 e. The Labute approximate surface area is 112 Å². The molecule has 1 aromatic carbocycles. The second kappa shape index (κ2) is 5.14. The highest BCUT2D eigenvalue weighted by atomic mass is 32.2. The third kappa shape index (κ3) is 3.02. The molecular formula is C13H16N2O3S. The van der Waals surface area contributed by atoms with Crippen molar-refractivity contribution in [2.75, 3.05) is 0 Å². The van der Waals surface area contributed by atoms with Crippen molar-refractivity contribution in [3.8, 4) is 0 Å². The molecule has 0 unspecified atom stereocenters. The maximum atomic E-state index is 12.2. The molecule has 1 N–H and O–H groups in total. The van der Waals surface area contributed by atoms with Crippen LogP contribution >= 0.6 is 0 Å². The number of rotatable bonds is 4. The summed E-state index contributed by atoms with van der Waals surface area (Å²) >= 11 is 0. The minimum atomic E-state index is -3.54. The molecule has 0 amide bonds. The van der Waals surface area contributed by atoms with Gasteiger partial charge in [0.15, 0.2) is 6.39 Å². The molecule has 2 aromatic rings. The highest BCUT2D eigenvalue weighted by molar-refractivity contribution is 7.89. The van der Waals surface area contributed by atoms with Crippen LogP contribution in [0, 0.1) is 20.8 Å². The number of sulfonamides is 1. The molecule has 5 nitrogen and oxygen atoms in total. The SMILES string of the molecule is Cc1ccc(C)c(S(=O)(=O)NCc2ocnc2C)c1. The molecule has 0 aliphatic carbocycles. The summed E-state index contributed by atoms with van der Waals surface area (Å²) in [5.41, 5.74) is 2.30. The van der Waals surface area contributed by atoms with Crippen molar-refractivity contribution in [3.05, 3.63) is 47.2 Å². The van der Waals surface area contributed by atoms with Crippen molar-refractivity contribution < 1.29 is 12.8 Å². The zero-order valence-electron chi connectivity index (χ0n) is 11.1. The molecule has 0 aliphatic rings. The lowest BCUT2D eigenvalue weighted by molar-refractivity contribution is 0.492. The van der Waals surface area contributed by atoms with Crippen molar-refractivity contribution in [1.82, 2.24) is 9.71 Å². The Morgan fingerprint density at radius 2 is 2.00 bits per heavy atom. The average Bonchev–Trinajstić information content (AvgIpc) is 2.75. The number of nitrogens with zero attached hydrogens (tertiary/aromatic N) is 1. The van der Waals surface area contributed by atoms with E-state index in [0.29, 0.717) is 21.9 Å². The van der Waals surface area contributed by atoms with Crippen LogP contribution in [0.4, 0.5) is 0 Å². The van der Waals surface area contributed by atoms with Crippen molar-refractivity contribution >= 4 is 10.0 Å². The summed E-state index contributed by atoms with van der Waals surface area (Å²) < 4.78 is 32.1. The summed E-state index contributed by atoms with van der Waals surface area (Å²) in [6.45, 7) is 5.50. The van der Waals surface area contributed by atoms with Crippen LogP contribution in [-0.4, -0.2) is 13.4 Å². The van der Waals surface area contributed by atoms with Gasteiger partial charge in [0.2, 0.25) is 10.0 Å². The van der Waals surface area contributed by atoms with Gasteiger partial charge >= 0.3 is 0 Å². The first-order valence-electron chi connectivity index (χ1n) is 5.86. The third-order valence-corrected chi connectivity index (χ3v) is 4.44. The summed E-state index contributed by atoms with van der Waals surface area (Å²) in [6.07, 6.45) is 1.30. The van der Waals surface area contributed by atoms with E-state index in [1.54, 1.807) is 26.0 Å². The second-order valence-corrected chi connectivity index (χ2v) is 6.19. The van der Waals surface area contributed by atoms with Gasteiger partial charge in [-0.15, -0.1) is 0 Å². The van der Waals surface area contributed by atoms with Gasteiger partial charge in [-0.3, -0.25) is 0 Å². The number of hydrogen-bond donors (Lipinski definition) is 1. The number of aryl methyl sites for hydroxylation is 3. The number of benzene rings is 1. The third-order valence-electron chi connectivity index (χ3n) is 2.90. The standard InChI is InChI=1S/C13H16N2O3S/c1-9-4-5-10(2)13(6-9)19(16,17)15-7-12-11(3)14-8-18-12/h4-6,8,15H,7H2,1-3H3. The first kappa shape index (κ1) is 13.8. The molecule has 0 bridgehead atoms. The molecule has 102 valence electrons. The number of hydrogen-bond acceptors (Lipinski definition) is 4. The van der Waals surface area contributed by atoms with E-state index >= 15 is 0 Å². The summed E-state index contributed by atoms with van der Waals surface area (Å²) in [6, 6.07) is 5.34. The lowest BCUT2D eigenvalue weighted by Gasteiger charge is -2.09. The van der Waals surface area contributed by atoms with Crippen LogP contribution in [-0.2, 0) is 16.6 Å². The van der Waals surface area contributed by atoms with Crippen LogP contribution in [0.2, 0.25) is 0 Å². The zero-order valence-corrected chi connectivity index (χ0v) is 11.9. The summed E-state index contributed by atoms with van der Waals surface area (Å²) in [7, 11) is -3.54. The predicted molar refractivity (Wildman–Crippen MR) is 71.2 cm³/mol. The smallest absolute Gasteiger partial charge is 0.241 e. The van der Waals surface area contributed by atoms with E-state index in [1.165, 1.54) is 6.39 Å². The summed E-state index contributed by atoms with van der Waals surface area (Å²) in [5, 5.41) is 0. The molecule has 0 saturated heterocycles. The summed E-state index contributed by atoms with van der Waals surface area (Å²) in [4.78, 5) is 4.22. The van der Waals surface area contributed by atoms with E-state index in [9.17, 15) is 8.42 Å². The van der Waals surface area contributed by atoms with Gasteiger partial charge in [0.05, 0.1) is 17.1 Å². The fourth-order valence-corrected chi connectivity index (χ4v) is 3.04. The molecule has 0 radical (unpaired) electrons. The Bertz CT molecular complexity index is 690. The molecular weight excluding hydrogens is 264 g/mol. The van der Waals surface area contributed by atoms with Crippen LogP contribution < -0.4 is 4.72 Å². The molecule has 0 atom stereocenters. The Morgan fingerprint density at radius 3 is 2.63 bits per heavy atom. The monoisotopic (exact) mass is 280 g/mol. The van der Waals surface area contributed by atoms with Gasteiger partial charge in [0, 0.05) is 0 Å². The maximum Gasteiger partial charge on any atom is 0.241 e. The largest absolute Gasteiger partial charge is 0.447 e. The predicted octanol–water partition coefficient (Wildman–Crippen LogP) is 2.08. The molecule has 0 aliphatic heterocycles. The van der Waals surface area contributed by atoms with Crippen LogP contribution in [0.3, 0.4) is 0 Å². The molecule has 0 saturated carbocycles. The van der Waals surface area contributed by atoms with Crippen LogP contribution in [0.15, 0.2) is 33.9 Å². The second-order valence-electron chi connectivity index (χ2n) is 4.45. The Balaban J connectivity index is 2.23. The van der Waals surface area contributed by atoms with E-state index in [0.717, 1.165) is 5.56 Å².